The van der Waals surface area contributed by atoms with Crippen molar-refractivity contribution in [3.8, 4) is 17.2 Å². The summed E-state index contributed by atoms with van der Waals surface area (Å²) >= 11 is 0. The van der Waals surface area contributed by atoms with Crippen molar-refractivity contribution in [1.82, 2.24) is 0 Å². The Hall–Kier alpha value is -2.44. The molecule has 118 valence electrons. The van der Waals surface area contributed by atoms with Crippen LogP contribution in [0.2, 0.25) is 0 Å². The molecule has 0 aliphatic heterocycles. The molecule has 2 rings (SSSR count). The standard InChI is InChI=1S/C15H12F4O3/c1-20-13-6-11(16)7-14(8-13)21-9-10-2-4-12(5-3-10)22-15(17,18)19/h2-8H,9H2,1H3. The summed E-state index contributed by atoms with van der Waals surface area (Å²) in [6, 6.07) is 9.11. The van der Waals surface area contributed by atoms with Gasteiger partial charge in [0.25, 0.3) is 0 Å². The number of halogens is 4. The van der Waals surface area contributed by atoms with Gasteiger partial charge in [-0.1, -0.05) is 12.1 Å². The molecule has 7 heteroatoms. The fraction of sp³-hybridized carbons (Fsp3) is 0.200. The van der Waals surface area contributed by atoms with Gasteiger partial charge in [0, 0.05) is 18.2 Å². The fourth-order valence-electron chi connectivity index (χ4n) is 1.69. The summed E-state index contributed by atoms with van der Waals surface area (Å²) in [7, 11) is 1.40. The van der Waals surface area contributed by atoms with E-state index in [0.29, 0.717) is 11.3 Å². The Balaban J connectivity index is 1.98. The van der Waals surface area contributed by atoms with E-state index >= 15 is 0 Å². The summed E-state index contributed by atoms with van der Waals surface area (Å²) in [5.74, 6) is -0.261. The maximum absolute atomic E-state index is 13.3. The summed E-state index contributed by atoms with van der Waals surface area (Å²) < 4.78 is 63.4. The number of rotatable bonds is 5. The van der Waals surface area contributed by atoms with Crippen molar-refractivity contribution in [2.24, 2.45) is 0 Å². The molecule has 3 nitrogen and oxygen atoms in total. The van der Waals surface area contributed by atoms with Crippen LogP contribution in [0, 0.1) is 5.82 Å². The highest BCUT2D eigenvalue weighted by molar-refractivity contribution is 5.34. The van der Waals surface area contributed by atoms with Gasteiger partial charge in [0.1, 0.15) is 29.7 Å². The van der Waals surface area contributed by atoms with Gasteiger partial charge in [0.15, 0.2) is 0 Å². The van der Waals surface area contributed by atoms with Crippen LogP contribution in [0.15, 0.2) is 42.5 Å². The smallest absolute Gasteiger partial charge is 0.497 e. The average Bonchev–Trinajstić information content (AvgIpc) is 2.44. The van der Waals surface area contributed by atoms with E-state index in [1.165, 1.54) is 49.6 Å². The predicted octanol–water partition coefficient (Wildman–Crippen LogP) is 4.31. The summed E-state index contributed by atoms with van der Waals surface area (Å²) in [6.45, 7) is 0.0684. The van der Waals surface area contributed by atoms with E-state index in [-0.39, 0.29) is 18.1 Å². The molecule has 0 N–H and O–H groups in total. The Kier molecular flexibility index (Phi) is 4.75. The van der Waals surface area contributed by atoms with Crippen LogP contribution in [0.1, 0.15) is 5.56 Å². The highest BCUT2D eigenvalue weighted by Crippen LogP contribution is 2.24. The van der Waals surface area contributed by atoms with Crippen molar-refractivity contribution in [2.45, 2.75) is 13.0 Å². The van der Waals surface area contributed by atoms with E-state index in [1.54, 1.807) is 0 Å². The summed E-state index contributed by atoms with van der Waals surface area (Å²) in [5.41, 5.74) is 0.609. The Bertz CT molecular complexity index is 624. The van der Waals surface area contributed by atoms with Gasteiger partial charge in [-0.05, 0) is 17.7 Å². The van der Waals surface area contributed by atoms with Gasteiger partial charge < -0.3 is 14.2 Å². The molecule has 0 bridgehead atoms. The first-order chi connectivity index (χ1) is 10.4. The zero-order valence-corrected chi connectivity index (χ0v) is 11.5. The molecule has 0 saturated carbocycles. The van der Waals surface area contributed by atoms with Gasteiger partial charge in [-0.25, -0.2) is 4.39 Å². The van der Waals surface area contributed by atoms with Gasteiger partial charge in [-0.3, -0.25) is 0 Å². The Morgan fingerprint density at radius 3 is 2.14 bits per heavy atom. The van der Waals surface area contributed by atoms with Crippen LogP contribution in [0.3, 0.4) is 0 Å². The van der Waals surface area contributed by atoms with Crippen LogP contribution in [0.25, 0.3) is 0 Å². The fourth-order valence-corrected chi connectivity index (χ4v) is 1.69. The number of alkyl halides is 3. The molecule has 0 unspecified atom stereocenters. The number of benzene rings is 2. The zero-order chi connectivity index (χ0) is 16.2. The van der Waals surface area contributed by atoms with Crippen LogP contribution in [0.5, 0.6) is 17.2 Å². The molecule has 0 amide bonds. The molecule has 0 atom stereocenters. The lowest BCUT2D eigenvalue weighted by Crippen LogP contribution is -2.17. The van der Waals surface area contributed by atoms with Crippen LogP contribution >= 0.6 is 0 Å². The summed E-state index contributed by atoms with van der Waals surface area (Å²) in [5, 5.41) is 0. The van der Waals surface area contributed by atoms with Gasteiger partial charge in [-0.2, -0.15) is 0 Å². The van der Waals surface area contributed by atoms with Gasteiger partial charge in [0.2, 0.25) is 0 Å². The van der Waals surface area contributed by atoms with Crippen molar-refractivity contribution in [1.29, 1.82) is 0 Å². The molecule has 0 aromatic heterocycles. The summed E-state index contributed by atoms with van der Waals surface area (Å²) in [6.07, 6.45) is -4.73. The van der Waals surface area contributed by atoms with Crippen molar-refractivity contribution in [3.05, 3.63) is 53.8 Å². The Morgan fingerprint density at radius 1 is 0.909 bits per heavy atom. The molecule has 2 aromatic carbocycles. The van der Waals surface area contributed by atoms with Gasteiger partial charge in [-0.15, -0.1) is 13.2 Å². The minimum atomic E-state index is -4.73. The first-order valence-electron chi connectivity index (χ1n) is 6.18. The lowest BCUT2D eigenvalue weighted by atomic mass is 10.2. The van der Waals surface area contributed by atoms with Crippen LogP contribution in [0.4, 0.5) is 17.6 Å². The Labute approximate surface area is 124 Å². The van der Waals surface area contributed by atoms with E-state index in [2.05, 4.69) is 4.74 Å². The van der Waals surface area contributed by atoms with Crippen molar-refractivity contribution in [2.75, 3.05) is 7.11 Å². The second-order valence-corrected chi connectivity index (χ2v) is 4.31. The topological polar surface area (TPSA) is 27.7 Å². The highest BCUT2D eigenvalue weighted by Gasteiger charge is 2.30. The lowest BCUT2D eigenvalue weighted by Gasteiger charge is -2.10. The second-order valence-electron chi connectivity index (χ2n) is 4.31. The van der Waals surface area contributed by atoms with Gasteiger partial charge >= 0.3 is 6.36 Å². The highest BCUT2D eigenvalue weighted by atomic mass is 19.4. The number of methoxy groups -OCH3 is 1. The minimum absolute atomic E-state index is 0.0684. The maximum Gasteiger partial charge on any atom is 0.573 e. The van der Waals surface area contributed by atoms with Crippen LogP contribution in [-0.2, 0) is 6.61 Å². The van der Waals surface area contributed by atoms with E-state index in [4.69, 9.17) is 9.47 Å². The van der Waals surface area contributed by atoms with Gasteiger partial charge in [0.05, 0.1) is 7.11 Å². The molecule has 0 radical (unpaired) electrons. The normalized spacial score (nSPS) is 11.1. The third-order valence-electron chi connectivity index (χ3n) is 2.64. The number of hydrogen-bond donors (Lipinski definition) is 0. The molecular weight excluding hydrogens is 304 g/mol. The summed E-state index contributed by atoms with van der Waals surface area (Å²) in [4.78, 5) is 0. The van der Waals surface area contributed by atoms with Crippen molar-refractivity contribution >= 4 is 0 Å². The molecular formula is C15H12F4O3. The van der Waals surface area contributed by atoms with E-state index in [9.17, 15) is 17.6 Å². The predicted molar refractivity (Wildman–Crippen MR) is 70.4 cm³/mol. The van der Waals surface area contributed by atoms with Crippen LogP contribution < -0.4 is 14.2 Å². The maximum atomic E-state index is 13.3. The van der Waals surface area contributed by atoms with Crippen molar-refractivity contribution < 1.29 is 31.8 Å². The quantitative estimate of drug-likeness (QED) is 0.769. The molecule has 0 heterocycles. The molecule has 0 aliphatic carbocycles. The molecule has 0 saturated heterocycles. The first kappa shape index (κ1) is 15.9. The number of ether oxygens (including phenoxy) is 3. The molecule has 2 aromatic rings. The zero-order valence-electron chi connectivity index (χ0n) is 11.5. The van der Waals surface area contributed by atoms with Crippen molar-refractivity contribution in [3.63, 3.8) is 0 Å². The monoisotopic (exact) mass is 316 g/mol. The first-order valence-corrected chi connectivity index (χ1v) is 6.18. The van der Waals surface area contributed by atoms with Crippen LogP contribution in [-0.4, -0.2) is 13.5 Å². The molecule has 22 heavy (non-hydrogen) atoms. The third-order valence-corrected chi connectivity index (χ3v) is 2.64. The molecule has 0 spiro atoms. The molecule has 0 aliphatic rings. The van der Waals surface area contributed by atoms with E-state index < -0.39 is 12.2 Å². The number of hydrogen-bond acceptors (Lipinski definition) is 3. The SMILES string of the molecule is COc1cc(F)cc(OCc2ccc(OC(F)(F)F)cc2)c1. The minimum Gasteiger partial charge on any atom is -0.497 e. The average molecular weight is 316 g/mol. The largest absolute Gasteiger partial charge is 0.573 e. The second kappa shape index (κ2) is 6.55. The van der Waals surface area contributed by atoms with E-state index in [1.807, 2.05) is 0 Å². The third kappa shape index (κ3) is 4.83. The molecule has 0 fully saturated rings. The Morgan fingerprint density at radius 2 is 1.55 bits per heavy atom. The lowest BCUT2D eigenvalue weighted by molar-refractivity contribution is -0.274. The van der Waals surface area contributed by atoms with E-state index in [0.717, 1.165) is 0 Å².